The molecule has 0 aliphatic carbocycles. The second-order valence-electron chi connectivity index (χ2n) is 15.5. The number of aromatic amines is 1. The van der Waals surface area contributed by atoms with Crippen LogP contribution < -0.4 is 26.8 Å². The number of hydrogen-bond acceptors (Lipinski definition) is 12. The van der Waals surface area contributed by atoms with Gasteiger partial charge in [-0.1, -0.05) is 50.2 Å². The van der Waals surface area contributed by atoms with Crippen molar-refractivity contribution in [2.75, 3.05) is 36.4 Å². The number of hydrogen-bond donors (Lipinski definition) is 3. The average Bonchev–Trinajstić information content (AvgIpc) is 3.70. The molecular weight excluding hydrogens is 723 g/mol. The summed E-state index contributed by atoms with van der Waals surface area (Å²) >= 11 is 0. The van der Waals surface area contributed by atoms with Gasteiger partial charge in [0.1, 0.15) is 18.0 Å². The lowest BCUT2D eigenvalue weighted by Gasteiger charge is -2.41. The minimum Gasteiger partial charge on any atom is -0.365 e. The first-order valence-electron chi connectivity index (χ1n) is 19.0. The number of benzene rings is 2. The molecule has 1 amide bonds. The largest absolute Gasteiger partial charge is 0.365 e. The quantitative estimate of drug-likeness (QED) is 0.154. The molecule has 4 aromatic heterocycles. The summed E-state index contributed by atoms with van der Waals surface area (Å²) in [7, 11) is 0. The molecule has 2 atom stereocenters. The Bertz CT molecular complexity index is 2470. The van der Waals surface area contributed by atoms with Crippen LogP contribution in [0, 0.1) is 6.92 Å². The topological polar surface area (TPSA) is 180 Å². The zero-order chi connectivity index (χ0) is 40.3. The van der Waals surface area contributed by atoms with E-state index in [2.05, 4.69) is 58.5 Å². The number of nitrogens with one attached hydrogen (secondary N) is 3. The predicted octanol–water partition coefficient (Wildman–Crippen LogP) is 5.35. The van der Waals surface area contributed by atoms with E-state index in [-0.39, 0.29) is 17.3 Å². The van der Waals surface area contributed by atoms with E-state index in [0.717, 1.165) is 60.7 Å². The van der Waals surface area contributed by atoms with E-state index in [4.69, 9.17) is 9.51 Å². The number of nitrogens with zero attached hydrogens (tertiary/aromatic N) is 8. The number of H-pyrrole nitrogens is 1. The number of carbonyl (C=O) groups is 1. The summed E-state index contributed by atoms with van der Waals surface area (Å²) in [6.07, 6.45) is 5.81. The highest BCUT2D eigenvalue weighted by Gasteiger charge is 2.26. The van der Waals surface area contributed by atoms with Gasteiger partial charge in [0, 0.05) is 61.5 Å². The van der Waals surface area contributed by atoms with Crippen LogP contribution in [0.25, 0.3) is 16.9 Å². The van der Waals surface area contributed by atoms with Crippen LogP contribution in [0.3, 0.4) is 0 Å². The fourth-order valence-corrected chi connectivity index (χ4v) is 6.97. The number of pyridine rings is 1. The van der Waals surface area contributed by atoms with Crippen molar-refractivity contribution >= 4 is 23.2 Å². The Labute approximate surface area is 330 Å². The van der Waals surface area contributed by atoms with E-state index in [0.29, 0.717) is 29.2 Å². The highest BCUT2D eigenvalue weighted by Crippen LogP contribution is 2.27. The maximum Gasteiger partial charge on any atom is 0.332 e. The molecule has 1 aliphatic rings. The summed E-state index contributed by atoms with van der Waals surface area (Å²) in [6, 6.07) is 21.2. The van der Waals surface area contributed by atoms with E-state index in [1.165, 1.54) is 28.7 Å². The average molecular weight is 770 g/mol. The Hall–Kier alpha value is -6.48. The Balaban J connectivity index is 0.911. The Kier molecular flexibility index (Phi) is 11.1. The van der Waals surface area contributed by atoms with Gasteiger partial charge in [-0.05, 0) is 74.2 Å². The van der Waals surface area contributed by atoms with Crippen molar-refractivity contribution in [1.29, 1.82) is 0 Å². The second kappa shape index (κ2) is 16.3. The molecule has 1 aliphatic heterocycles. The number of aromatic nitrogens is 7. The maximum atomic E-state index is 12.8. The molecule has 15 nitrogen and oxygen atoms in total. The molecule has 0 bridgehead atoms. The molecular formula is C42H47N11O4. The standard InChI is InChI=1S/C42H47N11O4/c1-26-21-30(9-13-33(26)28(3)46-38(55)39-49-40(50-57-39)42(4,5)6)34-22-36(45-25-44-34)47-35-14-12-32(23-43-35)52-20-19-51(24-27(52)2)17-15-29-7-10-31(11-8-29)53-18-16-37(54)48-41(53)56/h7-14,16,18,21-23,25,27-28H,15,17,19-20,24H2,1-6H3,(H,46,55)(H,48,54,56)(H,43,44,45,47)/t27-,28+/m0/s1. The van der Waals surface area contributed by atoms with E-state index < -0.39 is 17.2 Å². The zero-order valence-corrected chi connectivity index (χ0v) is 33.0. The van der Waals surface area contributed by atoms with Crippen molar-refractivity contribution < 1.29 is 9.32 Å². The number of amides is 1. The van der Waals surface area contributed by atoms with Crippen LogP contribution in [0.5, 0.6) is 0 Å². The van der Waals surface area contributed by atoms with Gasteiger partial charge in [-0.3, -0.25) is 24.0 Å². The van der Waals surface area contributed by atoms with Crippen LogP contribution in [-0.4, -0.2) is 77.7 Å². The van der Waals surface area contributed by atoms with Crippen LogP contribution in [-0.2, 0) is 11.8 Å². The van der Waals surface area contributed by atoms with Gasteiger partial charge >= 0.3 is 17.5 Å². The van der Waals surface area contributed by atoms with E-state index in [1.807, 2.05) is 95.4 Å². The lowest BCUT2D eigenvalue weighted by molar-refractivity contribution is 0.0895. The molecule has 0 spiro atoms. The third kappa shape index (κ3) is 9.15. The first-order chi connectivity index (χ1) is 27.3. The molecule has 57 heavy (non-hydrogen) atoms. The molecule has 1 fully saturated rings. The third-order valence-electron chi connectivity index (χ3n) is 10.1. The number of piperazine rings is 1. The molecule has 0 radical (unpaired) electrons. The zero-order valence-electron chi connectivity index (χ0n) is 33.0. The molecule has 2 aromatic carbocycles. The summed E-state index contributed by atoms with van der Waals surface area (Å²) in [6.45, 7) is 15.7. The van der Waals surface area contributed by atoms with E-state index in [1.54, 1.807) is 0 Å². The highest BCUT2D eigenvalue weighted by atomic mass is 16.5. The van der Waals surface area contributed by atoms with Crippen LogP contribution in [0.15, 0.2) is 99.6 Å². The minimum absolute atomic E-state index is 0.0565. The number of rotatable bonds is 11. The number of carbonyl (C=O) groups excluding carboxylic acids is 1. The summed E-state index contributed by atoms with van der Waals surface area (Å²) in [5, 5.41) is 10.2. The molecule has 0 unspecified atom stereocenters. The Morgan fingerprint density at radius 1 is 0.965 bits per heavy atom. The van der Waals surface area contributed by atoms with Crippen molar-refractivity contribution in [3.05, 3.63) is 135 Å². The van der Waals surface area contributed by atoms with Gasteiger partial charge in [0.2, 0.25) is 0 Å². The van der Waals surface area contributed by atoms with Crippen LogP contribution in [0.2, 0.25) is 0 Å². The van der Waals surface area contributed by atoms with Crippen molar-refractivity contribution in [2.24, 2.45) is 0 Å². The molecule has 0 saturated carbocycles. The second-order valence-corrected chi connectivity index (χ2v) is 15.5. The van der Waals surface area contributed by atoms with Crippen molar-refractivity contribution in [1.82, 2.24) is 44.9 Å². The minimum atomic E-state index is -0.452. The highest BCUT2D eigenvalue weighted by molar-refractivity contribution is 5.89. The molecule has 3 N–H and O–H groups in total. The van der Waals surface area contributed by atoms with Gasteiger partial charge in [-0.15, -0.1) is 0 Å². The normalized spacial score (nSPS) is 15.3. The molecule has 294 valence electrons. The monoisotopic (exact) mass is 769 g/mol. The smallest absolute Gasteiger partial charge is 0.332 e. The fraction of sp³-hybridized carbons (Fsp3) is 0.333. The summed E-state index contributed by atoms with van der Waals surface area (Å²) in [5.74, 6) is 1.31. The number of anilines is 3. The summed E-state index contributed by atoms with van der Waals surface area (Å²) < 4.78 is 6.64. The lowest BCUT2D eigenvalue weighted by Crippen LogP contribution is -2.52. The lowest BCUT2D eigenvalue weighted by atomic mass is 9.96. The summed E-state index contributed by atoms with van der Waals surface area (Å²) in [4.78, 5) is 61.4. The van der Waals surface area contributed by atoms with Crippen LogP contribution >= 0.6 is 0 Å². The van der Waals surface area contributed by atoms with Crippen molar-refractivity contribution in [3.63, 3.8) is 0 Å². The maximum absolute atomic E-state index is 12.8. The van der Waals surface area contributed by atoms with Gasteiger partial charge in [0.15, 0.2) is 5.82 Å². The van der Waals surface area contributed by atoms with Gasteiger partial charge < -0.3 is 20.1 Å². The SMILES string of the molecule is Cc1cc(-c2cc(Nc3ccc(N4CCN(CCc5ccc(-n6ccc(=O)[nH]c6=O)cc5)C[C@@H]4C)cn3)ncn2)ccc1[C@@H](C)NC(=O)c1nc(C(C)(C)C)no1. The van der Waals surface area contributed by atoms with Crippen LogP contribution in [0.1, 0.15) is 73.9 Å². The summed E-state index contributed by atoms with van der Waals surface area (Å²) in [5.41, 5.74) is 5.41. The van der Waals surface area contributed by atoms with Gasteiger partial charge in [0.05, 0.1) is 29.3 Å². The Morgan fingerprint density at radius 3 is 2.44 bits per heavy atom. The molecule has 1 saturated heterocycles. The van der Waals surface area contributed by atoms with Crippen molar-refractivity contribution in [2.45, 2.75) is 65.5 Å². The van der Waals surface area contributed by atoms with Crippen LogP contribution in [0.4, 0.5) is 17.3 Å². The first kappa shape index (κ1) is 38.8. The van der Waals surface area contributed by atoms with E-state index >= 15 is 0 Å². The molecule has 5 heterocycles. The third-order valence-corrected chi connectivity index (χ3v) is 10.1. The number of aryl methyl sites for hydroxylation is 1. The Morgan fingerprint density at radius 2 is 1.75 bits per heavy atom. The predicted molar refractivity (Wildman–Crippen MR) is 218 cm³/mol. The molecule has 15 heteroatoms. The molecule has 6 aromatic rings. The van der Waals surface area contributed by atoms with Crippen molar-refractivity contribution in [3.8, 4) is 16.9 Å². The first-order valence-corrected chi connectivity index (χ1v) is 19.0. The van der Waals surface area contributed by atoms with Gasteiger partial charge in [-0.2, -0.15) is 4.98 Å². The molecule has 7 rings (SSSR count). The van der Waals surface area contributed by atoms with Gasteiger partial charge in [0.25, 0.3) is 5.56 Å². The van der Waals surface area contributed by atoms with E-state index in [9.17, 15) is 14.4 Å². The van der Waals surface area contributed by atoms with Gasteiger partial charge in [-0.25, -0.2) is 19.7 Å². The fourth-order valence-electron chi connectivity index (χ4n) is 6.97.